The van der Waals surface area contributed by atoms with E-state index in [2.05, 4.69) is 16.0 Å². The van der Waals surface area contributed by atoms with Crippen LogP contribution in [0.2, 0.25) is 0 Å². The molecule has 0 aliphatic carbocycles. The van der Waals surface area contributed by atoms with Crippen molar-refractivity contribution in [1.29, 1.82) is 0 Å². The summed E-state index contributed by atoms with van der Waals surface area (Å²) in [5.74, 6) is 5.52. The molecular weight excluding hydrogens is 106 g/mol. The molecule has 0 unspecified atom stereocenters. The van der Waals surface area contributed by atoms with Crippen LogP contribution in [0, 0.1) is 0 Å². The Morgan fingerprint density at radius 3 is 2.50 bits per heavy atom. The highest BCUT2D eigenvalue weighted by molar-refractivity contribution is 5.83. The second kappa shape index (κ2) is 4.51. The third-order valence-electron chi connectivity index (χ3n) is 0.680. The molecule has 0 rings (SSSR count). The zero-order valence-corrected chi connectivity index (χ0v) is 4.81. The summed E-state index contributed by atoms with van der Waals surface area (Å²) in [6, 6.07) is 0. The van der Waals surface area contributed by atoms with Gasteiger partial charge in [-0.3, -0.25) is 16.3 Å². The summed E-state index contributed by atoms with van der Waals surface area (Å²) >= 11 is 0. The number of rotatable bonds is 2. The van der Waals surface area contributed by atoms with Crippen LogP contribution in [0.1, 0.15) is 0 Å². The topological polar surface area (TPSA) is 88.5 Å². The van der Waals surface area contributed by atoms with Crippen molar-refractivity contribution in [3.05, 3.63) is 0 Å². The Morgan fingerprint density at radius 2 is 2.38 bits per heavy atom. The minimum Gasteiger partial charge on any atom is -0.324 e. The smallest absolute Gasteiger partial charge is 0.125 e. The third kappa shape index (κ3) is 2.51. The fourth-order valence-corrected chi connectivity index (χ4v) is 0.282. The molecule has 5 heteroatoms. The van der Waals surface area contributed by atoms with Gasteiger partial charge in [-0.15, -0.1) is 0 Å². The maximum absolute atomic E-state index is 5.18. The summed E-state index contributed by atoms with van der Waals surface area (Å²) < 4.78 is 0. The highest BCUT2D eigenvalue weighted by Crippen LogP contribution is 1.59. The fourth-order valence-electron chi connectivity index (χ4n) is 0.282. The maximum Gasteiger partial charge on any atom is 0.125 e. The number of amidine groups is 1. The predicted octanol–water partition coefficient (Wildman–Crippen LogP) is -2.06. The van der Waals surface area contributed by atoms with Crippen LogP contribution in [0.3, 0.4) is 0 Å². The quantitative estimate of drug-likeness (QED) is 0.145. The van der Waals surface area contributed by atoms with Gasteiger partial charge < -0.3 is 5.73 Å². The number of hydrazine groups is 2. The van der Waals surface area contributed by atoms with Crippen molar-refractivity contribution in [3.63, 3.8) is 0 Å². The van der Waals surface area contributed by atoms with Gasteiger partial charge in [0.15, 0.2) is 0 Å². The van der Waals surface area contributed by atoms with Crippen LogP contribution in [-0.4, -0.2) is 19.4 Å². The number of hydrogen-bond acceptors (Lipinski definition) is 4. The summed E-state index contributed by atoms with van der Waals surface area (Å²) in [6.07, 6.45) is 0. The molecule has 0 radical (unpaired) electrons. The Labute approximate surface area is 48.1 Å². The van der Waals surface area contributed by atoms with E-state index < -0.39 is 0 Å². The zero-order valence-electron chi connectivity index (χ0n) is 4.81. The lowest BCUT2D eigenvalue weighted by atomic mass is 10.6. The van der Waals surface area contributed by atoms with Crippen LogP contribution in [-0.2, 0) is 0 Å². The minimum atomic E-state index is 0.362. The standard InChI is InChI=1S/C3H11N5/c1-6-3(2-4)7-8-5/h8H,2,4-5H2,1H3,(H,6,7). The molecule has 0 atom stereocenters. The largest absolute Gasteiger partial charge is 0.324 e. The van der Waals surface area contributed by atoms with E-state index in [1.807, 2.05) is 0 Å². The molecule has 0 aromatic carbocycles. The Bertz CT molecular complexity index is 77.7. The molecule has 5 nitrogen and oxygen atoms in total. The van der Waals surface area contributed by atoms with Gasteiger partial charge in [0.05, 0.1) is 6.54 Å². The van der Waals surface area contributed by atoms with E-state index in [0.717, 1.165) is 0 Å². The Morgan fingerprint density at radius 1 is 1.75 bits per heavy atom. The van der Waals surface area contributed by atoms with Crippen LogP contribution >= 0.6 is 0 Å². The number of hydrogen-bond donors (Lipinski definition) is 4. The lowest BCUT2D eigenvalue weighted by Crippen LogP contribution is -2.45. The first-order valence-corrected chi connectivity index (χ1v) is 2.22. The normalized spacial score (nSPS) is 11.6. The van der Waals surface area contributed by atoms with Crippen molar-refractivity contribution in [1.82, 2.24) is 11.0 Å². The SMILES string of the molecule is CN=C(CN)NNN. The van der Waals surface area contributed by atoms with E-state index in [-0.39, 0.29) is 0 Å². The molecule has 48 valence electrons. The molecule has 0 saturated heterocycles. The van der Waals surface area contributed by atoms with E-state index in [1.165, 1.54) is 0 Å². The number of nitrogens with two attached hydrogens (primary N) is 2. The van der Waals surface area contributed by atoms with Gasteiger partial charge in [0.25, 0.3) is 0 Å². The molecule has 0 aliphatic rings. The Kier molecular flexibility index (Phi) is 4.14. The van der Waals surface area contributed by atoms with Gasteiger partial charge in [0.1, 0.15) is 5.84 Å². The van der Waals surface area contributed by atoms with Crippen molar-refractivity contribution >= 4 is 5.84 Å². The first-order chi connectivity index (χ1) is 3.85. The van der Waals surface area contributed by atoms with Crippen LogP contribution in [0.25, 0.3) is 0 Å². The molecule has 0 spiro atoms. The molecule has 8 heavy (non-hydrogen) atoms. The third-order valence-corrected chi connectivity index (χ3v) is 0.680. The van der Waals surface area contributed by atoms with Gasteiger partial charge >= 0.3 is 0 Å². The summed E-state index contributed by atoms with van der Waals surface area (Å²) in [7, 11) is 1.63. The molecule has 0 fully saturated rings. The number of nitrogens with one attached hydrogen (secondary N) is 2. The van der Waals surface area contributed by atoms with Gasteiger partial charge in [-0.2, -0.15) is 5.53 Å². The van der Waals surface area contributed by atoms with E-state index in [4.69, 9.17) is 11.6 Å². The van der Waals surface area contributed by atoms with Crippen molar-refractivity contribution < 1.29 is 0 Å². The van der Waals surface area contributed by atoms with Gasteiger partial charge in [-0.1, -0.05) is 0 Å². The first kappa shape index (κ1) is 7.35. The zero-order chi connectivity index (χ0) is 6.41. The van der Waals surface area contributed by atoms with Crippen molar-refractivity contribution in [2.45, 2.75) is 0 Å². The van der Waals surface area contributed by atoms with Crippen LogP contribution in [0.5, 0.6) is 0 Å². The van der Waals surface area contributed by atoms with Crippen molar-refractivity contribution in [2.75, 3.05) is 13.6 Å². The van der Waals surface area contributed by atoms with E-state index in [1.54, 1.807) is 7.05 Å². The molecule has 0 bridgehead atoms. The summed E-state index contributed by atoms with van der Waals surface area (Å²) in [6.45, 7) is 0.362. The first-order valence-electron chi connectivity index (χ1n) is 2.22. The monoisotopic (exact) mass is 117 g/mol. The van der Waals surface area contributed by atoms with Gasteiger partial charge in [0.2, 0.25) is 0 Å². The van der Waals surface area contributed by atoms with Crippen LogP contribution in [0.15, 0.2) is 4.99 Å². The second-order valence-corrected chi connectivity index (χ2v) is 1.14. The highest BCUT2D eigenvalue weighted by atomic mass is 15.5. The van der Waals surface area contributed by atoms with Crippen LogP contribution < -0.4 is 22.5 Å². The summed E-state index contributed by atoms with van der Waals surface area (Å²) in [5.41, 5.74) is 9.92. The molecular formula is C3H11N5. The molecule has 0 aromatic rings. The minimum absolute atomic E-state index is 0.362. The van der Waals surface area contributed by atoms with Crippen LogP contribution in [0.4, 0.5) is 0 Å². The fraction of sp³-hybridized carbons (Fsp3) is 0.667. The summed E-state index contributed by atoms with van der Waals surface area (Å²) in [5, 5.41) is 0. The molecule has 0 amide bonds. The van der Waals surface area contributed by atoms with E-state index in [9.17, 15) is 0 Å². The Balaban J connectivity index is 3.38. The van der Waals surface area contributed by atoms with Crippen molar-refractivity contribution in [3.8, 4) is 0 Å². The lowest BCUT2D eigenvalue weighted by molar-refractivity contribution is 0.688. The number of aliphatic imine (C=N–C) groups is 1. The van der Waals surface area contributed by atoms with Crippen molar-refractivity contribution in [2.24, 2.45) is 16.6 Å². The van der Waals surface area contributed by atoms with Gasteiger partial charge in [-0.05, 0) is 0 Å². The van der Waals surface area contributed by atoms with E-state index >= 15 is 0 Å². The molecule has 0 aromatic heterocycles. The number of nitrogens with zero attached hydrogens (tertiary/aromatic N) is 1. The average Bonchev–Trinajstić information content (AvgIpc) is 1.83. The molecule has 0 saturated carbocycles. The maximum atomic E-state index is 5.18. The van der Waals surface area contributed by atoms with E-state index in [0.29, 0.717) is 12.4 Å². The summed E-state index contributed by atoms with van der Waals surface area (Å²) in [4.78, 5) is 3.73. The second-order valence-electron chi connectivity index (χ2n) is 1.14. The Hall–Kier alpha value is -0.650. The predicted molar refractivity (Wildman–Crippen MR) is 32.9 cm³/mol. The van der Waals surface area contributed by atoms with Gasteiger partial charge in [0, 0.05) is 7.05 Å². The lowest BCUT2D eigenvalue weighted by Gasteiger charge is -2.02. The molecule has 6 N–H and O–H groups in total. The average molecular weight is 117 g/mol. The highest BCUT2D eigenvalue weighted by Gasteiger charge is 1.86. The molecule has 0 aliphatic heterocycles. The molecule has 0 heterocycles. The van der Waals surface area contributed by atoms with Gasteiger partial charge in [-0.25, -0.2) is 0 Å².